The van der Waals surface area contributed by atoms with Gasteiger partial charge in [0.2, 0.25) is 0 Å². The summed E-state index contributed by atoms with van der Waals surface area (Å²) < 4.78 is 6.56. The van der Waals surface area contributed by atoms with Crippen LogP contribution in [0.3, 0.4) is 0 Å². The summed E-state index contributed by atoms with van der Waals surface area (Å²) in [5, 5.41) is 10.8. The van der Waals surface area contributed by atoms with Gasteiger partial charge in [0.25, 0.3) is 0 Å². The lowest BCUT2D eigenvalue weighted by Crippen LogP contribution is -2.35. The summed E-state index contributed by atoms with van der Waals surface area (Å²) in [5.74, 6) is 1.28. The second-order valence-electron chi connectivity index (χ2n) is 5.60. The van der Waals surface area contributed by atoms with Gasteiger partial charge < -0.3 is 14.7 Å². The SMILES string of the molecule is CCCOc1ccc2nc(N3C(=O)N(CCCCl)CC3O)sc2c1. The van der Waals surface area contributed by atoms with Crippen molar-refractivity contribution in [1.29, 1.82) is 0 Å². The minimum absolute atomic E-state index is 0.228. The van der Waals surface area contributed by atoms with Crippen LogP contribution in [0, 0.1) is 0 Å². The van der Waals surface area contributed by atoms with Crippen LogP contribution in [0.5, 0.6) is 5.75 Å². The van der Waals surface area contributed by atoms with Crippen LogP contribution in [-0.2, 0) is 0 Å². The molecule has 1 aliphatic rings. The van der Waals surface area contributed by atoms with Crippen LogP contribution in [-0.4, -0.2) is 52.8 Å². The first-order valence-electron chi connectivity index (χ1n) is 7.99. The predicted octanol–water partition coefficient (Wildman–Crippen LogP) is 3.27. The molecule has 1 saturated heterocycles. The molecule has 24 heavy (non-hydrogen) atoms. The number of carbonyl (C=O) groups is 1. The number of rotatable bonds is 7. The molecule has 1 aromatic heterocycles. The van der Waals surface area contributed by atoms with Crippen molar-refractivity contribution in [2.24, 2.45) is 0 Å². The summed E-state index contributed by atoms with van der Waals surface area (Å²) in [5.41, 5.74) is 0.790. The van der Waals surface area contributed by atoms with E-state index in [0.717, 1.165) is 22.4 Å². The molecule has 3 rings (SSSR count). The fourth-order valence-corrected chi connectivity index (χ4v) is 3.74. The van der Waals surface area contributed by atoms with Gasteiger partial charge in [-0.2, -0.15) is 0 Å². The van der Waals surface area contributed by atoms with Crippen molar-refractivity contribution in [3.63, 3.8) is 0 Å². The lowest BCUT2D eigenvalue weighted by molar-refractivity contribution is 0.177. The summed E-state index contributed by atoms with van der Waals surface area (Å²) in [6.07, 6.45) is 0.758. The van der Waals surface area contributed by atoms with Crippen LogP contribution in [0.2, 0.25) is 0 Å². The number of aliphatic hydroxyl groups is 1. The van der Waals surface area contributed by atoms with E-state index in [1.807, 2.05) is 18.2 Å². The van der Waals surface area contributed by atoms with Crippen molar-refractivity contribution >= 4 is 44.3 Å². The highest BCUT2D eigenvalue weighted by molar-refractivity contribution is 7.22. The van der Waals surface area contributed by atoms with Crippen LogP contribution >= 0.6 is 22.9 Å². The predicted molar refractivity (Wildman–Crippen MR) is 96.2 cm³/mol. The van der Waals surface area contributed by atoms with Crippen molar-refractivity contribution in [2.45, 2.75) is 26.0 Å². The Bertz CT molecular complexity index is 724. The van der Waals surface area contributed by atoms with E-state index in [4.69, 9.17) is 16.3 Å². The van der Waals surface area contributed by atoms with Gasteiger partial charge in [0.15, 0.2) is 11.4 Å². The number of urea groups is 1. The Kier molecular flexibility index (Phi) is 5.43. The van der Waals surface area contributed by atoms with Crippen molar-refractivity contribution in [1.82, 2.24) is 9.88 Å². The molecule has 1 unspecified atom stereocenters. The fourth-order valence-electron chi connectivity index (χ4n) is 2.59. The summed E-state index contributed by atoms with van der Waals surface area (Å²) in [6, 6.07) is 5.44. The highest BCUT2D eigenvalue weighted by Gasteiger charge is 2.38. The Morgan fingerprint density at radius 3 is 3.08 bits per heavy atom. The van der Waals surface area contributed by atoms with Gasteiger partial charge in [-0.05, 0) is 31.0 Å². The second-order valence-corrected chi connectivity index (χ2v) is 6.98. The van der Waals surface area contributed by atoms with E-state index in [1.54, 1.807) is 4.90 Å². The Morgan fingerprint density at radius 1 is 1.50 bits per heavy atom. The number of fused-ring (bicyclic) bond motifs is 1. The van der Waals surface area contributed by atoms with Crippen molar-refractivity contribution in [3.05, 3.63) is 18.2 Å². The quantitative estimate of drug-likeness (QED) is 0.760. The standard InChI is InChI=1S/C16H20ClN3O3S/c1-2-8-23-11-4-5-12-13(9-11)24-15(18-12)20-14(21)10-19(16(20)22)7-3-6-17/h4-5,9,14,21H,2-3,6-8,10H2,1H3. The Labute approximate surface area is 149 Å². The van der Waals surface area contributed by atoms with E-state index in [0.29, 0.717) is 30.6 Å². The molecule has 0 saturated carbocycles. The lowest BCUT2D eigenvalue weighted by atomic mass is 10.3. The summed E-state index contributed by atoms with van der Waals surface area (Å²) >= 11 is 7.06. The molecule has 1 atom stereocenters. The Morgan fingerprint density at radius 2 is 2.33 bits per heavy atom. The first kappa shape index (κ1) is 17.3. The first-order valence-corrected chi connectivity index (χ1v) is 9.34. The number of aliphatic hydroxyl groups excluding tert-OH is 1. The number of thiazole rings is 1. The molecule has 2 heterocycles. The molecule has 1 aliphatic heterocycles. The number of β-amino-alcohol motifs (C(OH)–C–C–N with tert-alkyl or cyclic N) is 1. The minimum Gasteiger partial charge on any atom is -0.494 e. The number of hydrogen-bond acceptors (Lipinski definition) is 5. The number of nitrogens with zero attached hydrogens (tertiary/aromatic N) is 3. The van der Waals surface area contributed by atoms with Gasteiger partial charge >= 0.3 is 6.03 Å². The van der Waals surface area contributed by atoms with E-state index in [2.05, 4.69) is 11.9 Å². The molecule has 0 aliphatic carbocycles. The summed E-state index contributed by atoms with van der Waals surface area (Å²) in [7, 11) is 0. The molecule has 130 valence electrons. The molecule has 2 amide bonds. The third-order valence-corrected chi connectivity index (χ3v) is 5.03. The smallest absolute Gasteiger partial charge is 0.328 e. The number of halogens is 1. The van der Waals surface area contributed by atoms with E-state index in [9.17, 15) is 9.90 Å². The van der Waals surface area contributed by atoms with Gasteiger partial charge in [0, 0.05) is 12.4 Å². The number of carbonyl (C=O) groups excluding carboxylic acids is 1. The average Bonchev–Trinajstić information content (AvgIpc) is 3.10. The zero-order chi connectivity index (χ0) is 17.1. The maximum atomic E-state index is 12.5. The van der Waals surface area contributed by atoms with Crippen molar-refractivity contribution in [2.75, 3.05) is 30.5 Å². The lowest BCUT2D eigenvalue weighted by Gasteiger charge is -2.16. The monoisotopic (exact) mass is 369 g/mol. The van der Waals surface area contributed by atoms with Crippen molar-refractivity contribution < 1.29 is 14.6 Å². The van der Waals surface area contributed by atoms with Gasteiger partial charge in [-0.3, -0.25) is 0 Å². The van der Waals surface area contributed by atoms with E-state index < -0.39 is 6.23 Å². The zero-order valence-electron chi connectivity index (χ0n) is 13.4. The highest BCUT2D eigenvalue weighted by atomic mass is 35.5. The number of hydrogen-bond donors (Lipinski definition) is 1. The van der Waals surface area contributed by atoms with Crippen LogP contribution in [0.1, 0.15) is 19.8 Å². The van der Waals surface area contributed by atoms with E-state index in [-0.39, 0.29) is 12.6 Å². The van der Waals surface area contributed by atoms with Crippen LogP contribution in [0.25, 0.3) is 10.2 Å². The normalized spacial score (nSPS) is 18.0. The average molecular weight is 370 g/mol. The molecule has 1 aromatic carbocycles. The van der Waals surface area contributed by atoms with Gasteiger partial charge in [0.1, 0.15) is 5.75 Å². The van der Waals surface area contributed by atoms with Gasteiger partial charge in [-0.1, -0.05) is 18.3 Å². The fraction of sp³-hybridized carbons (Fsp3) is 0.500. The van der Waals surface area contributed by atoms with Gasteiger partial charge in [-0.25, -0.2) is 14.7 Å². The number of anilines is 1. The third kappa shape index (κ3) is 3.43. The number of alkyl halides is 1. The zero-order valence-corrected chi connectivity index (χ0v) is 15.0. The topological polar surface area (TPSA) is 65.9 Å². The largest absolute Gasteiger partial charge is 0.494 e. The van der Waals surface area contributed by atoms with Crippen LogP contribution in [0.4, 0.5) is 9.93 Å². The maximum absolute atomic E-state index is 12.5. The van der Waals surface area contributed by atoms with Crippen LogP contribution < -0.4 is 9.64 Å². The number of ether oxygens (including phenoxy) is 1. The molecule has 2 aromatic rings. The molecular formula is C16H20ClN3O3S. The van der Waals surface area contributed by atoms with Gasteiger partial charge in [0.05, 0.1) is 23.4 Å². The van der Waals surface area contributed by atoms with Gasteiger partial charge in [-0.15, -0.1) is 11.6 Å². The molecular weight excluding hydrogens is 350 g/mol. The molecule has 0 bridgehead atoms. The summed E-state index contributed by atoms with van der Waals surface area (Å²) in [6.45, 7) is 3.53. The first-order chi connectivity index (χ1) is 11.6. The van der Waals surface area contributed by atoms with Crippen LogP contribution in [0.15, 0.2) is 18.2 Å². The number of benzene rings is 1. The van der Waals surface area contributed by atoms with E-state index >= 15 is 0 Å². The minimum atomic E-state index is -0.885. The number of amides is 2. The molecule has 6 nitrogen and oxygen atoms in total. The molecule has 1 fully saturated rings. The molecule has 8 heteroatoms. The highest BCUT2D eigenvalue weighted by Crippen LogP contribution is 2.34. The van der Waals surface area contributed by atoms with E-state index in [1.165, 1.54) is 16.2 Å². The van der Waals surface area contributed by atoms with Crippen molar-refractivity contribution in [3.8, 4) is 5.75 Å². The maximum Gasteiger partial charge on any atom is 0.328 e. The Balaban J connectivity index is 1.82. The molecule has 0 spiro atoms. The Hall–Kier alpha value is -1.57. The molecule has 0 radical (unpaired) electrons. The molecule has 1 N–H and O–H groups in total. The third-order valence-electron chi connectivity index (χ3n) is 3.75. The number of aromatic nitrogens is 1. The second kappa shape index (κ2) is 7.55. The summed E-state index contributed by atoms with van der Waals surface area (Å²) in [4.78, 5) is 19.9.